The van der Waals surface area contributed by atoms with E-state index < -0.39 is 0 Å². The summed E-state index contributed by atoms with van der Waals surface area (Å²) in [5, 5.41) is 17.2. The molecular weight excluding hydrogens is 300 g/mol. The lowest BCUT2D eigenvalue weighted by Gasteiger charge is -2.08. The highest BCUT2D eigenvalue weighted by Gasteiger charge is 2.11. The SMILES string of the molecule is COCCn1nc(C)c(CNc2ccc(C#N)c(Cl)c2)c1C. The van der Waals surface area contributed by atoms with Crippen molar-refractivity contribution < 1.29 is 4.74 Å². The lowest BCUT2D eigenvalue weighted by molar-refractivity contribution is 0.182. The molecule has 0 saturated heterocycles. The van der Waals surface area contributed by atoms with Crippen LogP contribution in [0, 0.1) is 25.2 Å². The van der Waals surface area contributed by atoms with Gasteiger partial charge in [-0.05, 0) is 32.0 Å². The predicted octanol–water partition coefficient (Wildman–Crippen LogP) is 3.28. The number of benzene rings is 1. The average molecular weight is 319 g/mol. The maximum Gasteiger partial charge on any atom is 0.101 e. The average Bonchev–Trinajstić information content (AvgIpc) is 2.77. The van der Waals surface area contributed by atoms with Crippen LogP contribution >= 0.6 is 11.6 Å². The third-order valence-corrected chi connectivity index (χ3v) is 3.91. The molecule has 0 spiro atoms. The molecule has 0 aliphatic heterocycles. The summed E-state index contributed by atoms with van der Waals surface area (Å²) in [6, 6.07) is 7.38. The Balaban J connectivity index is 2.10. The molecule has 1 aromatic carbocycles. The molecule has 1 aromatic heterocycles. The van der Waals surface area contributed by atoms with Crippen molar-refractivity contribution in [3.8, 4) is 6.07 Å². The quantitative estimate of drug-likeness (QED) is 0.887. The van der Waals surface area contributed by atoms with E-state index in [2.05, 4.69) is 23.4 Å². The van der Waals surface area contributed by atoms with Gasteiger partial charge in [-0.2, -0.15) is 10.4 Å². The van der Waals surface area contributed by atoms with Gasteiger partial charge < -0.3 is 10.1 Å². The van der Waals surface area contributed by atoms with E-state index in [1.54, 1.807) is 19.2 Å². The molecule has 0 unspecified atom stereocenters. The molecule has 0 fully saturated rings. The van der Waals surface area contributed by atoms with Crippen LogP contribution in [-0.2, 0) is 17.8 Å². The molecule has 1 heterocycles. The number of rotatable bonds is 6. The van der Waals surface area contributed by atoms with Crippen molar-refractivity contribution in [1.82, 2.24) is 9.78 Å². The number of methoxy groups -OCH3 is 1. The Labute approximate surface area is 135 Å². The molecule has 0 aliphatic rings. The molecule has 116 valence electrons. The molecule has 0 aliphatic carbocycles. The van der Waals surface area contributed by atoms with Crippen LogP contribution in [0.15, 0.2) is 18.2 Å². The highest BCUT2D eigenvalue weighted by atomic mass is 35.5. The Morgan fingerprint density at radius 3 is 2.82 bits per heavy atom. The minimum atomic E-state index is 0.455. The zero-order chi connectivity index (χ0) is 16.1. The summed E-state index contributed by atoms with van der Waals surface area (Å²) in [5.74, 6) is 0. The summed E-state index contributed by atoms with van der Waals surface area (Å²) in [6.45, 7) is 6.09. The second-order valence-electron chi connectivity index (χ2n) is 5.03. The fourth-order valence-electron chi connectivity index (χ4n) is 2.29. The first kappa shape index (κ1) is 16.3. The number of nitrogens with one attached hydrogen (secondary N) is 1. The second kappa shape index (κ2) is 7.30. The number of aryl methyl sites for hydroxylation is 1. The van der Waals surface area contributed by atoms with Crippen LogP contribution in [0.3, 0.4) is 0 Å². The van der Waals surface area contributed by atoms with Crippen molar-refractivity contribution in [2.24, 2.45) is 0 Å². The highest BCUT2D eigenvalue weighted by molar-refractivity contribution is 6.32. The number of halogens is 1. The molecule has 0 amide bonds. The summed E-state index contributed by atoms with van der Waals surface area (Å²) in [6.07, 6.45) is 0. The maximum absolute atomic E-state index is 8.89. The molecule has 6 heteroatoms. The van der Waals surface area contributed by atoms with Crippen LogP contribution in [0.5, 0.6) is 0 Å². The first-order valence-corrected chi connectivity index (χ1v) is 7.40. The van der Waals surface area contributed by atoms with E-state index in [-0.39, 0.29) is 0 Å². The van der Waals surface area contributed by atoms with Gasteiger partial charge in [-0.3, -0.25) is 4.68 Å². The standard InChI is InChI=1S/C16H19ClN4O/c1-11-15(12(2)21(20-11)6-7-22-3)10-19-14-5-4-13(9-18)16(17)8-14/h4-5,8,19H,6-7,10H2,1-3H3. The lowest BCUT2D eigenvalue weighted by atomic mass is 10.2. The normalized spacial score (nSPS) is 10.5. The predicted molar refractivity (Wildman–Crippen MR) is 87.1 cm³/mol. The van der Waals surface area contributed by atoms with E-state index in [9.17, 15) is 0 Å². The highest BCUT2D eigenvalue weighted by Crippen LogP contribution is 2.21. The molecule has 2 rings (SSSR count). The van der Waals surface area contributed by atoms with Crippen molar-refractivity contribution in [3.63, 3.8) is 0 Å². The zero-order valence-corrected chi connectivity index (χ0v) is 13.7. The summed E-state index contributed by atoms with van der Waals surface area (Å²) >= 11 is 6.04. The summed E-state index contributed by atoms with van der Waals surface area (Å²) in [4.78, 5) is 0. The molecule has 1 N–H and O–H groups in total. The van der Waals surface area contributed by atoms with Gasteiger partial charge in [0.2, 0.25) is 0 Å². The monoisotopic (exact) mass is 318 g/mol. The Morgan fingerprint density at radius 1 is 1.41 bits per heavy atom. The molecule has 2 aromatic rings. The number of nitrogens with zero attached hydrogens (tertiary/aromatic N) is 3. The van der Waals surface area contributed by atoms with Gasteiger partial charge in [-0.1, -0.05) is 11.6 Å². The fraction of sp³-hybridized carbons (Fsp3) is 0.375. The van der Waals surface area contributed by atoms with Crippen molar-refractivity contribution >= 4 is 17.3 Å². The van der Waals surface area contributed by atoms with Gasteiger partial charge in [-0.15, -0.1) is 0 Å². The second-order valence-corrected chi connectivity index (χ2v) is 5.43. The van der Waals surface area contributed by atoms with E-state index >= 15 is 0 Å². The van der Waals surface area contributed by atoms with Gasteiger partial charge in [0.05, 0.1) is 29.4 Å². The van der Waals surface area contributed by atoms with Crippen molar-refractivity contribution in [3.05, 3.63) is 45.7 Å². The number of ether oxygens (including phenoxy) is 1. The van der Waals surface area contributed by atoms with Gasteiger partial charge in [0.1, 0.15) is 6.07 Å². The van der Waals surface area contributed by atoms with Crippen LogP contribution in [-0.4, -0.2) is 23.5 Å². The van der Waals surface area contributed by atoms with E-state index in [0.717, 1.165) is 29.2 Å². The largest absolute Gasteiger partial charge is 0.383 e. The first-order valence-electron chi connectivity index (χ1n) is 7.02. The Kier molecular flexibility index (Phi) is 5.42. The molecule has 22 heavy (non-hydrogen) atoms. The van der Waals surface area contributed by atoms with E-state index in [1.165, 1.54) is 0 Å². The van der Waals surface area contributed by atoms with Gasteiger partial charge >= 0.3 is 0 Å². The smallest absolute Gasteiger partial charge is 0.101 e. The van der Waals surface area contributed by atoms with Crippen LogP contribution in [0.4, 0.5) is 5.69 Å². The number of hydrogen-bond donors (Lipinski definition) is 1. The fourth-order valence-corrected chi connectivity index (χ4v) is 2.51. The van der Waals surface area contributed by atoms with Crippen molar-refractivity contribution in [2.45, 2.75) is 26.9 Å². The molecular formula is C16H19ClN4O. The number of hydrogen-bond acceptors (Lipinski definition) is 4. The Hall–Kier alpha value is -2.03. The topological polar surface area (TPSA) is 62.9 Å². The third kappa shape index (κ3) is 3.59. The summed E-state index contributed by atoms with van der Waals surface area (Å²) < 4.78 is 7.06. The number of nitriles is 1. The minimum absolute atomic E-state index is 0.455. The van der Waals surface area contributed by atoms with Gasteiger partial charge in [0.15, 0.2) is 0 Å². The number of anilines is 1. The maximum atomic E-state index is 8.89. The van der Waals surface area contributed by atoms with Gasteiger partial charge in [-0.25, -0.2) is 0 Å². The third-order valence-electron chi connectivity index (χ3n) is 3.60. The first-order chi connectivity index (χ1) is 10.6. The number of aromatic nitrogens is 2. The minimum Gasteiger partial charge on any atom is -0.383 e. The van der Waals surface area contributed by atoms with Crippen LogP contribution in [0.25, 0.3) is 0 Å². The Bertz CT molecular complexity index is 703. The summed E-state index contributed by atoms with van der Waals surface area (Å²) in [7, 11) is 1.68. The molecule has 0 bridgehead atoms. The van der Waals surface area contributed by atoms with E-state index in [1.807, 2.05) is 17.7 Å². The zero-order valence-electron chi connectivity index (χ0n) is 13.0. The molecule has 5 nitrogen and oxygen atoms in total. The van der Waals surface area contributed by atoms with Crippen molar-refractivity contribution in [1.29, 1.82) is 5.26 Å². The van der Waals surface area contributed by atoms with E-state index in [0.29, 0.717) is 23.7 Å². The Morgan fingerprint density at radius 2 is 2.18 bits per heavy atom. The molecule has 0 saturated carbocycles. The van der Waals surface area contributed by atoms with Crippen LogP contribution in [0.1, 0.15) is 22.5 Å². The van der Waals surface area contributed by atoms with Crippen LogP contribution < -0.4 is 5.32 Å². The molecule has 0 atom stereocenters. The summed E-state index contributed by atoms with van der Waals surface area (Å²) in [5.41, 5.74) is 4.65. The van der Waals surface area contributed by atoms with Crippen molar-refractivity contribution in [2.75, 3.05) is 19.0 Å². The lowest BCUT2D eigenvalue weighted by Crippen LogP contribution is -2.08. The molecule has 0 radical (unpaired) electrons. The van der Waals surface area contributed by atoms with Crippen LogP contribution in [0.2, 0.25) is 5.02 Å². The van der Waals surface area contributed by atoms with Gasteiger partial charge in [0, 0.05) is 30.6 Å². The van der Waals surface area contributed by atoms with Gasteiger partial charge in [0.25, 0.3) is 0 Å². The van der Waals surface area contributed by atoms with E-state index in [4.69, 9.17) is 21.6 Å².